The zero-order valence-corrected chi connectivity index (χ0v) is 17.9. The highest BCUT2D eigenvalue weighted by atomic mass is 16.3. The maximum Gasteiger partial charge on any atom is 0.137 e. The Labute approximate surface area is 190 Å². The maximum atomic E-state index is 6.22. The molecule has 0 atom stereocenters. The minimum absolute atomic E-state index is 0.924. The second kappa shape index (κ2) is 6.14. The minimum atomic E-state index is 0.924. The van der Waals surface area contributed by atoms with Crippen molar-refractivity contribution < 1.29 is 4.42 Å². The van der Waals surface area contributed by atoms with Gasteiger partial charge in [-0.25, -0.2) is 0 Å². The molecule has 2 nitrogen and oxygen atoms in total. The van der Waals surface area contributed by atoms with Crippen molar-refractivity contribution in [2.75, 3.05) is 0 Å². The Hall–Kier alpha value is -4.30. The summed E-state index contributed by atoms with van der Waals surface area (Å²) >= 11 is 0. The molecule has 2 heterocycles. The molecule has 8 rings (SSSR count). The normalized spacial score (nSPS) is 12.7. The molecule has 0 saturated heterocycles. The lowest BCUT2D eigenvalue weighted by atomic mass is 10.0. The van der Waals surface area contributed by atoms with E-state index >= 15 is 0 Å². The Bertz CT molecular complexity index is 1900. The number of aromatic nitrogens is 1. The van der Waals surface area contributed by atoms with Gasteiger partial charge in [0.2, 0.25) is 0 Å². The van der Waals surface area contributed by atoms with E-state index in [0.717, 1.165) is 34.0 Å². The highest BCUT2D eigenvalue weighted by Crippen LogP contribution is 2.44. The molecule has 0 bridgehead atoms. The first-order valence-corrected chi connectivity index (χ1v) is 11.4. The predicted molar refractivity (Wildman–Crippen MR) is 136 cm³/mol. The summed E-state index contributed by atoms with van der Waals surface area (Å²) in [5, 5.41) is 4.99. The number of rotatable bonds is 1. The van der Waals surface area contributed by atoms with Crippen LogP contribution in [-0.4, -0.2) is 4.57 Å². The van der Waals surface area contributed by atoms with Crippen LogP contribution in [0.4, 0.5) is 0 Å². The first-order valence-electron chi connectivity index (χ1n) is 11.4. The van der Waals surface area contributed by atoms with Gasteiger partial charge in [-0.3, -0.25) is 0 Å². The molecule has 2 heteroatoms. The number of para-hydroxylation sites is 2. The van der Waals surface area contributed by atoms with Gasteiger partial charge in [-0.2, -0.15) is 0 Å². The molecule has 5 aromatic carbocycles. The smallest absolute Gasteiger partial charge is 0.137 e. The minimum Gasteiger partial charge on any atom is -0.456 e. The van der Waals surface area contributed by atoms with Crippen molar-refractivity contribution in [2.24, 2.45) is 0 Å². The molecule has 0 unspecified atom stereocenters. The number of hydrogen-bond acceptors (Lipinski definition) is 1. The molecular formula is C31H19NO. The van der Waals surface area contributed by atoms with E-state index in [-0.39, 0.29) is 0 Å². The standard InChI is InChI=1S/C31H19NO/c1-2-8-21-19(7-1)17-26-22(21)15-16-28-31(26)25-10-3-5-11-27(25)32(28)20-13-14-24-23-9-4-6-12-29(23)33-30(24)18-20/h1-16,18H,17H2. The van der Waals surface area contributed by atoms with E-state index in [1.807, 2.05) is 12.1 Å². The third-order valence-corrected chi connectivity index (χ3v) is 7.24. The molecule has 0 saturated carbocycles. The summed E-state index contributed by atoms with van der Waals surface area (Å²) in [6, 6.07) is 37.0. The summed E-state index contributed by atoms with van der Waals surface area (Å²) < 4.78 is 8.61. The van der Waals surface area contributed by atoms with Crippen molar-refractivity contribution in [3.8, 4) is 16.8 Å². The zero-order chi connectivity index (χ0) is 21.5. The van der Waals surface area contributed by atoms with Gasteiger partial charge in [0.15, 0.2) is 0 Å². The van der Waals surface area contributed by atoms with Crippen LogP contribution in [0.3, 0.4) is 0 Å². The van der Waals surface area contributed by atoms with Gasteiger partial charge in [-0.15, -0.1) is 0 Å². The molecule has 0 aliphatic heterocycles. The van der Waals surface area contributed by atoms with Crippen molar-refractivity contribution in [3.63, 3.8) is 0 Å². The zero-order valence-electron chi connectivity index (χ0n) is 17.9. The van der Waals surface area contributed by atoms with Crippen LogP contribution in [0.5, 0.6) is 0 Å². The van der Waals surface area contributed by atoms with E-state index in [0.29, 0.717) is 0 Å². The molecule has 7 aromatic rings. The Kier molecular flexibility index (Phi) is 3.22. The maximum absolute atomic E-state index is 6.22. The van der Waals surface area contributed by atoms with Crippen molar-refractivity contribution in [2.45, 2.75) is 6.42 Å². The predicted octanol–water partition coefficient (Wildman–Crippen LogP) is 8.25. The lowest BCUT2D eigenvalue weighted by Crippen LogP contribution is -1.93. The molecular weight excluding hydrogens is 402 g/mol. The van der Waals surface area contributed by atoms with Crippen LogP contribution < -0.4 is 0 Å². The average molecular weight is 421 g/mol. The summed E-state index contributed by atoms with van der Waals surface area (Å²) in [5.41, 5.74) is 11.1. The van der Waals surface area contributed by atoms with Crippen LogP contribution >= 0.6 is 0 Å². The SMILES string of the molecule is c1ccc2c(c1)Cc1c-2ccc2c1c1ccccc1n2-c1ccc2c(c1)oc1ccccc12. The van der Waals surface area contributed by atoms with Gasteiger partial charge in [0.1, 0.15) is 11.2 Å². The fourth-order valence-electron chi connectivity index (χ4n) is 5.83. The van der Waals surface area contributed by atoms with Gasteiger partial charge in [0.25, 0.3) is 0 Å². The molecule has 0 amide bonds. The van der Waals surface area contributed by atoms with Crippen LogP contribution in [-0.2, 0) is 6.42 Å². The van der Waals surface area contributed by atoms with E-state index in [9.17, 15) is 0 Å². The third-order valence-electron chi connectivity index (χ3n) is 7.24. The largest absolute Gasteiger partial charge is 0.456 e. The first kappa shape index (κ1) is 17.3. The molecule has 33 heavy (non-hydrogen) atoms. The number of furan rings is 1. The van der Waals surface area contributed by atoms with Gasteiger partial charge in [0, 0.05) is 33.3 Å². The molecule has 2 aromatic heterocycles. The van der Waals surface area contributed by atoms with Gasteiger partial charge in [-0.05, 0) is 59.0 Å². The topological polar surface area (TPSA) is 18.1 Å². The van der Waals surface area contributed by atoms with Gasteiger partial charge >= 0.3 is 0 Å². The monoisotopic (exact) mass is 421 g/mol. The summed E-state index contributed by atoms with van der Waals surface area (Å²) in [7, 11) is 0. The Morgan fingerprint density at radius 1 is 0.576 bits per heavy atom. The Morgan fingerprint density at radius 3 is 2.33 bits per heavy atom. The van der Waals surface area contributed by atoms with Gasteiger partial charge in [-0.1, -0.05) is 66.7 Å². The summed E-state index contributed by atoms with van der Waals surface area (Å²) in [6.07, 6.45) is 0.986. The van der Waals surface area contributed by atoms with Crippen molar-refractivity contribution in [3.05, 3.63) is 114 Å². The molecule has 0 N–H and O–H groups in total. The fourth-order valence-corrected chi connectivity index (χ4v) is 5.83. The van der Waals surface area contributed by atoms with Gasteiger partial charge < -0.3 is 8.98 Å². The van der Waals surface area contributed by atoms with Crippen molar-refractivity contribution in [1.82, 2.24) is 4.57 Å². The molecule has 1 aliphatic rings. The lowest BCUT2D eigenvalue weighted by molar-refractivity contribution is 0.668. The van der Waals surface area contributed by atoms with Crippen LogP contribution in [0.15, 0.2) is 108 Å². The van der Waals surface area contributed by atoms with Crippen molar-refractivity contribution in [1.29, 1.82) is 0 Å². The molecule has 154 valence electrons. The first-order chi connectivity index (χ1) is 16.4. The highest BCUT2D eigenvalue weighted by Gasteiger charge is 2.24. The van der Waals surface area contributed by atoms with Crippen LogP contribution in [0.2, 0.25) is 0 Å². The van der Waals surface area contributed by atoms with Crippen LogP contribution in [0.25, 0.3) is 60.6 Å². The van der Waals surface area contributed by atoms with E-state index in [2.05, 4.69) is 95.6 Å². The summed E-state index contributed by atoms with van der Waals surface area (Å²) in [5.74, 6) is 0. The number of nitrogens with zero attached hydrogens (tertiary/aromatic N) is 1. The van der Waals surface area contributed by atoms with Crippen LogP contribution in [0.1, 0.15) is 11.1 Å². The summed E-state index contributed by atoms with van der Waals surface area (Å²) in [6.45, 7) is 0. The van der Waals surface area contributed by atoms with E-state index < -0.39 is 0 Å². The third kappa shape index (κ3) is 2.22. The second-order valence-corrected chi connectivity index (χ2v) is 8.95. The molecule has 0 fully saturated rings. The molecule has 0 radical (unpaired) electrons. The highest BCUT2D eigenvalue weighted by molar-refractivity contribution is 6.14. The average Bonchev–Trinajstić information content (AvgIpc) is 3.52. The summed E-state index contributed by atoms with van der Waals surface area (Å²) in [4.78, 5) is 0. The number of hydrogen-bond donors (Lipinski definition) is 0. The van der Waals surface area contributed by atoms with Crippen LogP contribution in [0, 0.1) is 0 Å². The van der Waals surface area contributed by atoms with E-state index in [1.165, 1.54) is 44.1 Å². The molecule has 0 spiro atoms. The Balaban J connectivity index is 1.46. The van der Waals surface area contributed by atoms with E-state index in [1.54, 1.807) is 0 Å². The number of fused-ring (bicyclic) bond motifs is 10. The lowest BCUT2D eigenvalue weighted by Gasteiger charge is -2.09. The van der Waals surface area contributed by atoms with E-state index in [4.69, 9.17) is 4.42 Å². The second-order valence-electron chi connectivity index (χ2n) is 8.95. The molecule has 1 aliphatic carbocycles. The Morgan fingerprint density at radius 2 is 1.36 bits per heavy atom. The van der Waals surface area contributed by atoms with Gasteiger partial charge in [0.05, 0.1) is 11.0 Å². The number of benzene rings is 5. The fraction of sp³-hybridized carbons (Fsp3) is 0.0323. The quantitative estimate of drug-likeness (QED) is 0.261. The van der Waals surface area contributed by atoms with Crippen molar-refractivity contribution >= 4 is 43.7 Å².